The Labute approximate surface area is 747 Å². The molecule has 600 valence electrons. The molecular weight excluding hydrogens is 1580 g/mol. The molecule has 0 fully saturated rings. The van der Waals surface area contributed by atoms with Gasteiger partial charge in [-0.2, -0.15) is 15.0 Å². The number of pyridine rings is 1. The molecule has 3 aliphatic rings. The number of nitrogens with zero attached hydrogens (tertiary/aromatic N) is 8. The predicted octanol–water partition coefficient (Wildman–Crippen LogP) is 31.8. The lowest BCUT2D eigenvalue weighted by atomic mass is 9.90. The van der Waals surface area contributed by atoms with E-state index in [9.17, 15) is 0 Å². The quantitative estimate of drug-likeness (QED) is 0.151. The van der Waals surface area contributed by atoms with Crippen molar-refractivity contribution in [3.63, 3.8) is 0 Å². The molecule has 0 aliphatic heterocycles. The monoisotopic (exact) mass is 1650 g/mol. The van der Waals surface area contributed by atoms with Gasteiger partial charge in [0.15, 0.2) is 11.6 Å². The number of hydrogen-bond acceptors (Lipinski definition) is 6. The van der Waals surface area contributed by atoms with Crippen LogP contribution in [0.25, 0.3) is 276 Å². The first-order chi connectivity index (χ1) is 64.5. The first kappa shape index (κ1) is 72.9. The molecule has 0 N–H and O–H groups in total. The summed E-state index contributed by atoms with van der Waals surface area (Å²) in [5, 5.41) is 24.6. The summed E-state index contributed by atoms with van der Waals surface area (Å²) in [6.45, 7) is 0. The summed E-state index contributed by atoms with van der Waals surface area (Å²) >= 11 is 0. The normalized spacial score (nSPS) is 12.0. The number of para-hydroxylation sites is 4. The summed E-state index contributed by atoms with van der Waals surface area (Å²) in [4.78, 5) is 30.5. The summed E-state index contributed by atoms with van der Waals surface area (Å²) in [5.41, 5.74) is 31.3. The molecule has 0 radical (unpaired) electrons. The van der Waals surface area contributed by atoms with Crippen LogP contribution >= 0.6 is 0 Å². The van der Waals surface area contributed by atoms with E-state index in [1.807, 2.05) is 24.7 Å². The Morgan fingerprint density at radius 1 is 0.177 bits per heavy atom. The zero-order valence-corrected chi connectivity index (χ0v) is 70.1. The summed E-state index contributed by atoms with van der Waals surface area (Å²) in [5.74, 6) is 2.54. The van der Waals surface area contributed by atoms with Gasteiger partial charge in [0.05, 0.1) is 27.8 Å². The second kappa shape index (κ2) is 29.1. The third-order valence-electron chi connectivity index (χ3n) is 27.3. The number of hydrogen-bond donors (Lipinski definition) is 0. The summed E-state index contributed by atoms with van der Waals surface area (Å²) < 4.78 is 4.38. The van der Waals surface area contributed by atoms with Gasteiger partial charge in [0, 0.05) is 62.2 Å². The Balaban J connectivity index is 0.000000102. The van der Waals surface area contributed by atoms with Crippen molar-refractivity contribution < 1.29 is 0 Å². The van der Waals surface area contributed by atoms with E-state index in [1.54, 1.807) is 0 Å². The summed E-state index contributed by atoms with van der Waals surface area (Å²) in [6.07, 6.45) is 5.76. The fraction of sp³-hybridized carbons (Fsp3) is 0. The van der Waals surface area contributed by atoms with Gasteiger partial charge in [0.25, 0.3) is 0 Å². The molecule has 8 heteroatoms. The smallest absolute Gasteiger partial charge is 0.240 e. The largest absolute Gasteiger partial charge is 0.278 e. The number of aromatic nitrogens is 8. The highest BCUT2D eigenvalue weighted by Crippen LogP contribution is 2.56. The van der Waals surface area contributed by atoms with Crippen LogP contribution in [0.4, 0.5) is 0 Å². The van der Waals surface area contributed by atoms with Crippen LogP contribution in [0.3, 0.4) is 0 Å². The first-order valence-electron chi connectivity index (χ1n) is 44.4. The van der Waals surface area contributed by atoms with Crippen LogP contribution < -0.4 is 0 Å². The van der Waals surface area contributed by atoms with Crippen LogP contribution in [0.1, 0.15) is 0 Å². The van der Waals surface area contributed by atoms with E-state index in [0.717, 1.165) is 77.2 Å². The molecule has 5 heterocycles. The lowest BCUT2D eigenvalue weighted by Gasteiger charge is -2.14. The van der Waals surface area contributed by atoms with E-state index in [0.29, 0.717) is 17.7 Å². The molecule has 0 bridgehead atoms. The molecule has 3 aliphatic carbocycles. The Morgan fingerprint density at radius 3 is 1.07 bits per heavy atom. The van der Waals surface area contributed by atoms with E-state index in [4.69, 9.17) is 24.9 Å². The Hall–Kier alpha value is -17.5. The first-order valence-corrected chi connectivity index (χ1v) is 44.4. The van der Waals surface area contributed by atoms with Crippen LogP contribution in [-0.2, 0) is 0 Å². The average molecular weight is 1650 g/mol. The molecule has 0 unspecified atom stereocenters. The zero-order valence-electron chi connectivity index (χ0n) is 70.1. The van der Waals surface area contributed by atoms with E-state index in [1.165, 1.54) is 181 Å². The van der Waals surface area contributed by atoms with Gasteiger partial charge in [-0.3, -0.25) is 14.1 Å². The van der Waals surface area contributed by atoms with Crippen molar-refractivity contribution in [2.24, 2.45) is 0 Å². The van der Waals surface area contributed by atoms with Crippen molar-refractivity contribution in [1.82, 2.24) is 39.0 Å². The fourth-order valence-electron chi connectivity index (χ4n) is 21.6. The van der Waals surface area contributed by atoms with Gasteiger partial charge in [-0.15, -0.1) is 0 Å². The van der Waals surface area contributed by atoms with Gasteiger partial charge < -0.3 is 0 Å². The van der Waals surface area contributed by atoms with Crippen LogP contribution in [-0.4, -0.2) is 39.0 Å². The van der Waals surface area contributed by atoms with Gasteiger partial charge >= 0.3 is 0 Å². The Bertz CT molecular complexity index is 9090. The topological polar surface area (TPSA) is 87.2 Å². The summed E-state index contributed by atoms with van der Waals surface area (Å²) in [6, 6.07) is 150. The molecule has 0 saturated carbocycles. The van der Waals surface area contributed by atoms with Crippen LogP contribution in [0.2, 0.25) is 0 Å². The second-order valence-corrected chi connectivity index (χ2v) is 34.2. The van der Waals surface area contributed by atoms with E-state index >= 15 is 0 Å². The van der Waals surface area contributed by atoms with Crippen molar-refractivity contribution in [3.05, 3.63) is 437 Å². The SMILES string of the molecule is c1ccc(-c2cc(-c3ccc4c5c(cccc35)-c3c-4ccc4ccccc34)cc3ccncc23)cc1.c1ccc(-c2ccc3c(-c4ccnc(-c5ccc6c7c(cccc57)-c5c-6ccc6ccccc56)n4)cccc3c2)cc1.c1ccc2c3c(ccc2c1)-c1ccc(-c2nc(-n4c5ccccc5c5ccccc54)nc(-n4c5ccccc5c5ccccc54)n2)c2cccc-3c12. The molecular formula is C122H72N8. The molecule has 0 spiro atoms. The molecule has 0 saturated heterocycles. The van der Waals surface area contributed by atoms with Crippen LogP contribution in [0.15, 0.2) is 437 Å². The van der Waals surface area contributed by atoms with Crippen molar-refractivity contribution in [2.75, 3.05) is 0 Å². The third-order valence-corrected chi connectivity index (χ3v) is 27.3. The van der Waals surface area contributed by atoms with Crippen molar-refractivity contribution in [2.45, 2.75) is 0 Å². The molecule has 8 nitrogen and oxygen atoms in total. The Kier molecular flexibility index (Phi) is 16.3. The van der Waals surface area contributed by atoms with E-state index in [2.05, 4.69) is 427 Å². The highest BCUT2D eigenvalue weighted by atomic mass is 15.3. The van der Waals surface area contributed by atoms with Gasteiger partial charge in [0.1, 0.15) is 0 Å². The van der Waals surface area contributed by atoms with E-state index in [-0.39, 0.29) is 0 Å². The minimum Gasteiger partial charge on any atom is -0.278 e. The standard InChI is InChI=1S/C47H27N5.C40H24N2.C35H21N/c1-2-13-29-28(12-1)24-25-35-36-26-27-37(34-18-11-19-38(43(29)35)44(34)36)45-48-46(51-39-20-7-3-14-30(39)31-15-4-8-21-40(31)51)50-47(49-45)52-41-22-9-5-16-32(41)33-17-6-10-23-42(33)52;1-2-8-25(9-3-1)27-17-18-29-28(24-27)11-6-13-31(29)37-22-23-41-40(42-37)35-21-20-34-33-19-16-26-10-4-5-12-30(26)38(33)36-15-7-14-32(35)39(34)36;1-2-7-22(8-3-1)32-20-25(19-24-17-18-36-21-33(24)32)26-15-16-30-29-14-13-23-9-4-5-10-27(23)34(29)31-12-6-11-28(26)35(30)31/h1-27H;1-24H;1-21H. The van der Waals surface area contributed by atoms with E-state index < -0.39 is 0 Å². The number of rotatable bonds is 8. The van der Waals surface area contributed by atoms with Gasteiger partial charge in [-0.05, 0) is 248 Å². The van der Waals surface area contributed by atoms with Crippen molar-refractivity contribution in [1.29, 1.82) is 0 Å². The fourth-order valence-corrected chi connectivity index (χ4v) is 21.6. The third kappa shape index (κ3) is 11.2. The summed E-state index contributed by atoms with van der Waals surface area (Å²) in [7, 11) is 0. The molecule has 0 amide bonds. The molecule has 5 aromatic heterocycles. The minimum absolute atomic E-state index is 0.580. The maximum absolute atomic E-state index is 5.37. The predicted molar refractivity (Wildman–Crippen MR) is 541 cm³/mol. The maximum atomic E-state index is 5.37. The number of benzene rings is 21. The lowest BCUT2D eigenvalue weighted by Crippen LogP contribution is -2.10. The molecule has 130 heavy (non-hydrogen) atoms. The molecule has 21 aromatic carbocycles. The zero-order chi connectivity index (χ0) is 85.2. The highest BCUT2D eigenvalue weighted by Gasteiger charge is 2.31. The highest BCUT2D eigenvalue weighted by molar-refractivity contribution is 6.27. The van der Waals surface area contributed by atoms with Gasteiger partial charge in [0.2, 0.25) is 11.9 Å². The Morgan fingerprint density at radius 2 is 0.562 bits per heavy atom. The second-order valence-electron chi connectivity index (χ2n) is 34.2. The minimum atomic E-state index is 0.580. The van der Waals surface area contributed by atoms with Gasteiger partial charge in [-0.25, -0.2) is 9.97 Å². The van der Waals surface area contributed by atoms with Crippen LogP contribution in [0, 0.1) is 0 Å². The maximum Gasteiger partial charge on any atom is 0.240 e. The molecule has 26 aromatic rings. The van der Waals surface area contributed by atoms with Crippen molar-refractivity contribution >= 4 is 130 Å². The molecule has 29 rings (SSSR count). The number of fused-ring (bicyclic) bond motifs is 23. The van der Waals surface area contributed by atoms with Gasteiger partial charge in [-0.1, -0.05) is 352 Å². The van der Waals surface area contributed by atoms with Crippen molar-refractivity contribution in [3.8, 4) is 146 Å². The molecule has 0 atom stereocenters. The van der Waals surface area contributed by atoms with Crippen LogP contribution in [0.5, 0.6) is 0 Å². The lowest BCUT2D eigenvalue weighted by molar-refractivity contribution is 0.893. The average Bonchev–Trinajstić information content (AvgIpc) is 1.57.